The molecule has 0 N–H and O–H groups in total. The molecule has 0 aromatic heterocycles. The average molecular weight is 399 g/mol. The van der Waals surface area contributed by atoms with Crippen molar-refractivity contribution < 1.29 is 18.7 Å². The van der Waals surface area contributed by atoms with Crippen molar-refractivity contribution >= 4 is 23.2 Å². The lowest BCUT2D eigenvalue weighted by Crippen LogP contribution is -2.49. The summed E-state index contributed by atoms with van der Waals surface area (Å²) in [7, 11) is 1.56. The summed E-state index contributed by atoms with van der Waals surface area (Å²) in [6.07, 6.45) is 0.244. The Morgan fingerprint density at radius 2 is 1.69 bits per heavy atom. The summed E-state index contributed by atoms with van der Waals surface area (Å²) < 4.78 is 18.4. The van der Waals surface area contributed by atoms with E-state index in [0.717, 1.165) is 5.69 Å². The molecular formula is C22H26FN3O3. The third-order valence-corrected chi connectivity index (χ3v) is 5.13. The maximum Gasteiger partial charge on any atom is 0.224 e. The number of carbonyl (C=O) groups is 2. The highest BCUT2D eigenvalue weighted by Crippen LogP contribution is 2.28. The molecule has 3 rings (SSSR count). The molecule has 2 aromatic rings. The van der Waals surface area contributed by atoms with Gasteiger partial charge in [-0.15, -0.1) is 0 Å². The van der Waals surface area contributed by atoms with Gasteiger partial charge in [-0.2, -0.15) is 0 Å². The van der Waals surface area contributed by atoms with E-state index in [1.807, 2.05) is 23.1 Å². The number of ether oxygens (including phenoxy) is 1. The molecule has 0 aliphatic carbocycles. The third-order valence-electron chi connectivity index (χ3n) is 5.13. The number of carbonyl (C=O) groups excluding carboxylic acids is 2. The molecule has 1 fully saturated rings. The monoisotopic (exact) mass is 399 g/mol. The van der Waals surface area contributed by atoms with Gasteiger partial charge in [0.05, 0.1) is 12.8 Å². The summed E-state index contributed by atoms with van der Waals surface area (Å²) in [4.78, 5) is 30.4. The minimum atomic E-state index is -0.257. The number of amides is 2. The Morgan fingerprint density at radius 3 is 2.31 bits per heavy atom. The van der Waals surface area contributed by atoms with Gasteiger partial charge in [-0.3, -0.25) is 9.59 Å². The number of rotatable bonds is 6. The maximum absolute atomic E-state index is 13.1. The molecule has 0 radical (unpaired) electrons. The molecule has 0 spiro atoms. The predicted molar refractivity (Wildman–Crippen MR) is 111 cm³/mol. The van der Waals surface area contributed by atoms with E-state index in [4.69, 9.17) is 4.74 Å². The molecule has 0 saturated carbocycles. The number of para-hydroxylation sites is 2. The molecule has 0 bridgehead atoms. The standard InChI is InChI=1S/C22H26FN3O3/c1-17(27)26(20-5-3-4-6-21(20)29-2)12-11-22(28)25-15-13-24(14-16-25)19-9-7-18(23)8-10-19/h3-10H,11-16H2,1-2H3. The number of piperazine rings is 1. The van der Waals surface area contributed by atoms with Crippen LogP contribution in [0.3, 0.4) is 0 Å². The number of hydrogen-bond acceptors (Lipinski definition) is 4. The van der Waals surface area contributed by atoms with Crippen molar-refractivity contribution in [1.82, 2.24) is 4.90 Å². The highest BCUT2D eigenvalue weighted by atomic mass is 19.1. The summed E-state index contributed by atoms with van der Waals surface area (Å²) in [5.74, 6) is 0.226. The Labute approximate surface area is 170 Å². The summed E-state index contributed by atoms with van der Waals surface area (Å²) >= 11 is 0. The fraction of sp³-hybridized carbons (Fsp3) is 0.364. The average Bonchev–Trinajstić information content (AvgIpc) is 2.74. The van der Waals surface area contributed by atoms with E-state index >= 15 is 0 Å². The number of halogens is 1. The van der Waals surface area contributed by atoms with Crippen molar-refractivity contribution in [2.75, 3.05) is 49.6 Å². The Hall–Kier alpha value is -3.09. The minimum absolute atomic E-state index is 0.0184. The van der Waals surface area contributed by atoms with Crippen LogP contribution in [-0.4, -0.2) is 56.5 Å². The van der Waals surface area contributed by atoms with Crippen molar-refractivity contribution in [3.05, 3.63) is 54.3 Å². The first kappa shape index (κ1) is 20.6. The number of methoxy groups -OCH3 is 1. The van der Waals surface area contributed by atoms with E-state index in [2.05, 4.69) is 4.90 Å². The lowest BCUT2D eigenvalue weighted by atomic mass is 10.2. The Kier molecular flexibility index (Phi) is 6.69. The van der Waals surface area contributed by atoms with Gasteiger partial charge in [0.15, 0.2) is 0 Å². The van der Waals surface area contributed by atoms with Crippen LogP contribution >= 0.6 is 0 Å². The van der Waals surface area contributed by atoms with Crippen LogP contribution in [0.2, 0.25) is 0 Å². The zero-order valence-corrected chi connectivity index (χ0v) is 16.8. The van der Waals surface area contributed by atoms with Crippen LogP contribution in [0.1, 0.15) is 13.3 Å². The minimum Gasteiger partial charge on any atom is -0.495 e. The Balaban J connectivity index is 1.56. The molecule has 1 saturated heterocycles. The van der Waals surface area contributed by atoms with Crippen LogP contribution in [0.15, 0.2) is 48.5 Å². The zero-order valence-electron chi connectivity index (χ0n) is 16.8. The molecule has 2 amide bonds. The van der Waals surface area contributed by atoms with Gasteiger partial charge in [-0.1, -0.05) is 12.1 Å². The molecule has 0 unspecified atom stereocenters. The van der Waals surface area contributed by atoms with Crippen LogP contribution in [0.25, 0.3) is 0 Å². The van der Waals surface area contributed by atoms with Crippen LogP contribution < -0.4 is 14.5 Å². The van der Waals surface area contributed by atoms with E-state index in [1.54, 1.807) is 30.2 Å². The number of hydrogen-bond donors (Lipinski definition) is 0. The second-order valence-electron chi connectivity index (χ2n) is 6.94. The van der Waals surface area contributed by atoms with E-state index in [-0.39, 0.29) is 24.1 Å². The van der Waals surface area contributed by atoms with Gasteiger partial charge >= 0.3 is 0 Å². The molecule has 1 aliphatic heterocycles. The van der Waals surface area contributed by atoms with Crippen LogP contribution in [0, 0.1) is 5.82 Å². The summed E-state index contributed by atoms with van der Waals surface area (Å²) in [6.45, 7) is 4.38. The van der Waals surface area contributed by atoms with Crippen molar-refractivity contribution in [2.45, 2.75) is 13.3 Å². The van der Waals surface area contributed by atoms with Gasteiger partial charge in [0, 0.05) is 51.8 Å². The fourth-order valence-electron chi connectivity index (χ4n) is 3.53. The predicted octanol–water partition coefficient (Wildman–Crippen LogP) is 2.93. The summed E-state index contributed by atoms with van der Waals surface area (Å²) in [6, 6.07) is 13.7. The molecule has 2 aromatic carbocycles. The van der Waals surface area contributed by atoms with Gasteiger partial charge in [0.25, 0.3) is 0 Å². The quantitative estimate of drug-likeness (QED) is 0.750. The SMILES string of the molecule is COc1ccccc1N(CCC(=O)N1CCN(c2ccc(F)cc2)CC1)C(C)=O. The highest BCUT2D eigenvalue weighted by Gasteiger charge is 2.23. The van der Waals surface area contributed by atoms with Gasteiger partial charge in [-0.05, 0) is 36.4 Å². The van der Waals surface area contributed by atoms with E-state index in [0.29, 0.717) is 44.2 Å². The Bertz CT molecular complexity index is 849. The molecule has 29 heavy (non-hydrogen) atoms. The normalized spacial score (nSPS) is 13.9. The molecule has 1 aliphatic rings. The zero-order chi connectivity index (χ0) is 20.8. The highest BCUT2D eigenvalue weighted by molar-refractivity contribution is 5.93. The van der Waals surface area contributed by atoms with Crippen molar-refractivity contribution in [2.24, 2.45) is 0 Å². The smallest absolute Gasteiger partial charge is 0.224 e. The van der Waals surface area contributed by atoms with Crippen molar-refractivity contribution in [3.8, 4) is 5.75 Å². The van der Waals surface area contributed by atoms with Gasteiger partial charge in [0.1, 0.15) is 11.6 Å². The molecule has 154 valence electrons. The second-order valence-corrected chi connectivity index (χ2v) is 6.94. The van der Waals surface area contributed by atoms with Crippen LogP contribution in [0.4, 0.5) is 15.8 Å². The lowest BCUT2D eigenvalue weighted by Gasteiger charge is -2.36. The van der Waals surface area contributed by atoms with Gasteiger partial charge < -0.3 is 19.4 Å². The lowest BCUT2D eigenvalue weighted by molar-refractivity contribution is -0.131. The summed E-state index contributed by atoms with van der Waals surface area (Å²) in [5, 5.41) is 0. The third kappa shape index (κ3) is 5.04. The fourth-order valence-corrected chi connectivity index (χ4v) is 3.53. The van der Waals surface area contributed by atoms with E-state index < -0.39 is 0 Å². The molecular weight excluding hydrogens is 373 g/mol. The molecule has 7 heteroatoms. The largest absolute Gasteiger partial charge is 0.495 e. The van der Waals surface area contributed by atoms with Crippen LogP contribution in [0.5, 0.6) is 5.75 Å². The maximum atomic E-state index is 13.1. The Morgan fingerprint density at radius 1 is 1.03 bits per heavy atom. The number of nitrogens with zero attached hydrogens (tertiary/aromatic N) is 3. The van der Waals surface area contributed by atoms with Crippen LogP contribution in [-0.2, 0) is 9.59 Å². The molecule has 6 nitrogen and oxygen atoms in total. The summed E-state index contributed by atoms with van der Waals surface area (Å²) in [5.41, 5.74) is 1.62. The first-order valence-corrected chi connectivity index (χ1v) is 9.69. The molecule has 1 heterocycles. The first-order valence-electron chi connectivity index (χ1n) is 9.69. The van der Waals surface area contributed by atoms with E-state index in [9.17, 15) is 14.0 Å². The van der Waals surface area contributed by atoms with Gasteiger partial charge in [-0.25, -0.2) is 4.39 Å². The van der Waals surface area contributed by atoms with Crippen molar-refractivity contribution in [1.29, 1.82) is 0 Å². The number of anilines is 2. The van der Waals surface area contributed by atoms with Gasteiger partial charge in [0.2, 0.25) is 11.8 Å². The second kappa shape index (κ2) is 9.41. The molecule has 0 atom stereocenters. The number of benzene rings is 2. The van der Waals surface area contributed by atoms with Crippen molar-refractivity contribution in [3.63, 3.8) is 0 Å². The van der Waals surface area contributed by atoms with E-state index in [1.165, 1.54) is 19.1 Å². The first-order chi connectivity index (χ1) is 14.0. The topological polar surface area (TPSA) is 53.1 Å².